The molecule has 2 atom stereocenters. The molecule has 0 heterocycles. The maximum atomic E-state index is 11.9. The number of ether oxygens (including phenoxy) is 1. The Labute approximate surface area is 106 Å². The van der Waals surface area contributed by atoms with Crippen molar-refractivity contribution in [1.82, 2.24) is 4.90 Å². The molecule has 17 heavy (non-hydrogen) atoms. The van der Waals surface area contributed by atoms with Crippen LogP contribution in [0.25, 0.3) is 0 Å². The van der Waals surface area contributed by atoms with Gasteiger partial charge in [0.1, 0.15) is 6.61 Å². The Hall–Kier alpha value is -0.570. The fraction of sp³-hybridized carbons (Fsp3) is 0.929. The molecule has 1 fully saturated rings. The lowest BCUT2D eigenvalue weighted by molar-refractivity contribution is -0.151. The molecular weight excluding hydrogens is 214 g/mol. The minimum atomic E-state index is 0.0318. The van der Waals surface area contributed by atoms with Gasteiger partial charge in [0, 0.05) is 6.54 Å². The second-order valence-electron chi connectivity index (χ2n) is 5.06. The Morgan fingerprint density at radius 2 is 1.88 bits per heavy atom. The molecule has 0 aromatic heterocycles. The average Bonchev–Trinajstić information content (AvgIpc) is 2.35. The summed E-state index contributed by atoms with van der Waals surface area (Å²) in [6, 6.07) is 0. The molecule has 100 valence electrons. The summed E-state index contributed by atoms with van der Waals surface area (Å²) in [6.07, 6.45) is 4.64. The molecule has 0 radical (unpaired) electrons. The maximum Gasteiger partial charge on any atom is 0.309 e. The lowest BCUT2D eigenvalue weighted by atomic mass is 9.80. The summed E-state index contributed by atoms with van der Waals surface area (Å²) in [5.41, 5.74) is 0. The average molecular weight is 241 g/mol. The van der Waals surface area contributed by atoms with E-state index in [1.165, 1.54) is 19.3 Å². The molecule has 0 bridgehead atoms. The molecule has 0 saturated heterocycles. The molecule has 0 spiro atoms. The van der Waals surface area contributed by atoms with Crippen LogP contribution in [0.1, 0.15) is 46.5 Å². The molecule has 1 aliphatic rings. The van der Waals surface area contributed by atoms with Crippen LogP contribution in [-0.2, 0) is 9.53 Å². The van der Waals surface area contributed by atoms with E-state index in [1.807, 2.05) is 0 Å². The fourth-order valence-electron chi connectivity index (χ4n) is 2.59. The second-order valence-corrected chi connectivity index (χ2v) is 5.06. The Morgan fingerprint density at radius 1 is 1.24 bits per heavy atom. The van der Waals surface area contributed by atoms with Crippen molar-refractivity contribution >= 4 is 5.97 Å². The highest BCUT2D eigenvalue weighted by molar-refractivity contribution is 5.72. The summed E-state index contributed by atoms with van der Waals surface area (Å²) in [6.45, 7) is 9.89. The van der Waals surface area contributed by atoms with Crippen LogP contribution in [0.15, 0.2) is 0 Å². The van der Waals surface area contributed by atoms with Crippen LogP contribution in [0.3, 0.4) is 0 Å². The van der Waals surface area contributed by atoms with E-state index >= 15 is 0 Å². The van der Waals surface area contributed by atoms with Crippen LogP contribution in [-0.4, -0.2) is 37.1 Å². The number of nitrogens with zero attached hydrogens (tertiary/aromatic N) is 1. The van der Waals surface area contributed by atoms with Crippen molar-refractivity contribution in [2.45, 2.75) is 46.5 Å². The quantitative estimate of drug-likeness (QED) is 0.670. The number of hydrogen-bond donors (Lipinski definition) is 0. The molecule has 0 aromatic carbocycles. The van der Waals surface area contributed by atoms with E-state index in [1.54, 1.807) is 0 Å². The van der Waals surface area contributed by atoms with Crippen molar-refractivity contribution in [3.8, 4) is 0 Å². The number of carbonyl (C=O) groups is 1. The third kappa shape index (κ3) is 4.66. The monoisotopic (exact) mass is 241 g/mol. The first-order chi connectivity index (χ1) is 8.19. The van der Waals surface area contributed by atoms with Crippen LogP contribution in [0.5, 0.6) is 0 Å². The molecule has 1 saturated carbocycles. The fourth-order valence-corrected chi connectivity index (χ4v) is 2.59. The second kappa shape index (κ2) is 7.70. The molecular formula is C14H27NO2. The van der Waals surface area contributed by atoms with Gasteiger partial charge in [-0.3, -0.25) is 4.79 Å². The van der Waals surface area contributed by atoms with Gasteiger partial charge >= 0.3 is 5.97 Å². The van der Waals surface area contributed by atoms with Crippen LogP contribution in [0.2, 0.25) is 0 Å². The van der Waals surface area contributed by atoms with Gasteiger partial charge in [0.15, 0.2) is 0 Å². The van der Waals surface area contributed by atoms with Gasteiger partial charge < -0.3 is 9.64 Å². The number of rotatable bonds is 6. The van der Waals surface area contributed by atoms with Gasteiger partial charge in [-0.1, -0.05) is 33.6 Å². The number of esters is 1. The molecule has 2 unspecified atom stereocenters. The molecule has 0 amide bonds. The Morgan fingerprint density at radius 3 is 2.47 bits per heavy atom. The summed E-state index contributed by atoms with van der Waals surface area (Å²) in [7, 11) is 0. The van der Waals surface area contributed by atoms with Crippen molar-refractivity contribution in [2.75, 3.05) is 26.2 Å². The number of hydrogen-bond acceptors (Lipinski definition) is 3. The van der Waals surface area contributed by atoms with Crippen LogP contribution < -0.4 is 0 Å². The van der Waals surface area contributed by atoms with Gasteiger partial charge in [0.25, 0.3) is 0 Å². The van der Waals surface area contributed by atoms with E-state index in [0.29, 0.717) is 12.5 Å². The highest BCUT2D eigenvalue weighted by Crippen LogP contribution is 2.30. The minimum absolute atomic E-state index is 0.0318. The first-order valence-electron chi connectivity index (χ1n) is 7.08. The normalized spacial score (nSPS) is 24.9. The number of carbonyl (C=O) groups excluding carboxylic acids is 1. The van der Waals surface area contributed by atoms with Gasteiger partial charge in [-0.15, -0.1) is 0 Å². The highest BCUT2D eigenvalue weighted by atomic mass is 16.5. The highest BCUT2D eigenvalue weighted by Gasteiger charge is 2.28. The zero-order chi connectivity index (χ0) is 12.7. The van der Waals surface area contributed by atoms with E-state index < -0.39 is 0 Å². The largest absolute Gasteiger partial charge is 0.464 e. The predicted molar refractivity (Wildman–Crippen MR) is 69.9 cm³/mol. The Kier molecular flexibility index (Phi) is 6.56. The Balaban J connectivity index is 2.24. The summed E-state index contributed by atoms with van der Waals surface area (Å²) < 4.78 is 5.41. The summed E-state index contributed by atoms with van der Waals surface area (Å²) in [5, 5.41) is 0. The molecule has 0 aromatic rings. The van der Waals surface area contributed by atoms with Gasteiger partial charge in [-0.25, -0.2) is 0 Å². The van der Waals surface area contributed by atoms with Crippen LogP contribution in [0.4, 0.5) is 0 Å². The third-order valence-electron chi connectivity index (χ3n) is 3.96. The zero-order valence-electron chi connectivity index (χ0n) is 11.6. The van der Waals surface area contributed by atoms with Gasteiger partial charge in [0.05, 0.1) is 5.92 Å². The smallest absolute Gasteiger partial charge is 0.309 e. The van der Waals surface area contributed by atoms with E-state index in [2.05, 4.69) is 25.7 Å². The lowest BCUT2D eigenvalue weighted by Crippen LogP contribution is -2.31. The van der Waals surface area contributed by atoms with E-state index in [4.69, 9.17) is 4.74 Å². The summed E-state index contributed by atoms with van der Waals surface area (Å²) >= 11 is 0. The van der Waals surface area contributed by atoms with Crippen molar-refractivity contribution in [3.05, 3.63) is 0 Å². The topological polar surface area (TPSA) is 29.5 Å². The van der Waals surface area contributed by atoms with E-state index in [9.17, 15) is 4.79 Å². The molecule has 0 N–H and O–H groups in total. The standard InChI is InChI=1S/C14H27NO2/c1-4-15(5-2)10-11-17-14(16)13-9-7-6-8-12(13)3/h12-13H,4-11H2,1-3H3. The first-order valence-corrected chi connectivity index (χ1v) is 7.08. The number of likely N-dealkylation sites (N-methyl/N-ethyl adjacent to an activating group) is 1. The maximum absolute atomic E-state index is 11.9. The predicted octanol–water partition coefficient (Wildman–Crippen LogP) is 2.70. The molecule has 0 aliphatic heterocycles. The molecule has 1 rings (SSSR count). The SMILES string of the molecule is CCN(CC)CCOC(=O)C1CCCCC1C. The summed E-state index contributed by atoms with van der Waals surface area (Å²) in [4.78, 5) is 14.2. The third-order valence-corrected chi connectivity index (χ3v) is 3.96. The van der Waals surface area contributed by atoms with Crippen molar-refractivity contribution in [2.24, 2.45) is 11.8 Å². The van der Waals surface area contributed by atoms with Crippen LogP contribution in [0, 0.1) is 11.8 Å². The molecule has 3 heteroatoms. The Bertz CT molecular complexity index is 226. The van der Waals surface area contributed by atoms with E-state index in [0.717, 1.165) is 26.1 Å². The van der Waals surface area contributed by atoms with E-state index in [-0.39, 0.29) is 11.9 Å². The zero-order valence-corrected chi connectivity index (χ0v) is 11.6. The summed E-state index contributed by atoms with van der Waals surface area (Å²) in [5.74, 6) is 0.689. The minimum Gasteiger partial charge on any atom is -0.464 e. The molecule has 3 nitrogen and oxygen atoms in total. The van der Waals surface area contributed by atoms with Crippen LogP contribution >= 0.6 is 0 Å². The van der Waals surface area contributed by atoms with Crippen molar-refractivity contribution < 1.29 is 9.53 Å². The van der Waals surface area contributed by atoms with Crippen molar-refractivity contribution in [1.29, 1.82) is 0 Å². The first kappa shape index (κ1) is 14.5. The molecule has 1 aliphatic carbocycles. The lowest BCUT2D eigenvalue weighted by Gasteiger charge is -2.27. The van der Waals surface area contributed by atoms with Crippen molar-refractivity contribution in [3.63, 3.8) is 0 Å². The van der Waals surface area contributed by atoms with Gasteiger partial charge in [-0.05, 0) is 31.8 Å². The van der Waals surface area contributed by atoms with Gasteiger partial charge in [-0.2, -0.15) is 0 Å². The van der Waals surface area contributed by atoms with Gasteiger partial charge in [0.2, 0.25) is 0 Å².